The van der Waals surface area contributed by atoms with Gasteiger partial charge in [-0.25, -0.2) is 12.8 Å². The molecule has 0 unspecified atom stereocenters. The van der Waals surface area contributed by atoms with Gasteiger partial charge in [0.1, 0.15) is 11.9 Å². The number of benzene rings is 2. The summed E-state index contributed by atoms with van der Waals surface area (Å²) < 4.78 is 40.1. The van der Waals surface area contributed by atoms with Crippen molar-refractivity contribution < 1.29 is 22.4 Å². The highest BCUT2D eigenvalue weighted by Crippen LogP contribution is 2.27. The standard InChI is InChI=1S/C21H24FN3O4S/c1-15-5-9-17(10-6-15)23-20(26)14-24(2)21(27)19-4-3-13-25(19)30(28,29)18-11-7-16(22)8-12-18/h5-12,19H,3-4,13-14H2,1-2H3,(H,23,26)/t19-/m1/s1. The summed E-state index contributed by atoms with van der Waals surface area (Å²) in [5.41, 5.74) is 1.68. The minimum Gasteiger partial charge on any atom is -0.335 e. The quantitative estimate of drug-likeness (QED) is 0.758. The van der Waals surface area contributed by atoms with E-state index in [1.807, 2.05) is 19.1 Å². The van der Waals surface area contributed by atoms with Crippen molar-refractivity contribution in [2.24, 2.45) is 0 Å². The second-order valence-corrected chi connectivity index (χ2v) is 9.23. The molecule has 2 aromatic carbocycles. The molecule has 1 aliphatic heterocycles. The first-order valence-corrected chi connectivity index (χ1v) is 11.0. The fraction of sp³-hybridized carbons (Fsp3) is 0.333. The largest absolute Gasteiger partial charge is 0.335 e. The first-order valence-electron chi connectivity index (χ1n) is 9.57. The van der Waals surface area contributed by atoms with Gasteiger partial charge in [-0.15, -0.1) is 0 Å². The van der Waals surface area contributed by atoms with Crippen LogP contribution < -0.4 is 5.32 Å². The highest BCUT2D eigenvalue weighted by molar-refractivity contribution is 7.89. The Kier molecular flexibility index (Phi) is 6.52. The molecule has 0 bridgehead atoms. The molecule has 0 spiro atoms. The van der Waals surface area contributed by atoms with Crippen LogP contribution >= 0.6 is 0 Å². The summed E-state index contributed by atoms with van der Waals surface area (Å²) in [6, 6.07) is 10.9. The molecule has 0 aromatic heterocycles. The Labute approximate surface area is 175 Å². The molecular weight excluding hydrogens is 409 g/mol. The number of carbonyl (C=O) groups is 2. The van der Waals surface area contributed by atoms with Crippen molar-refractivity contribution in [2.45, 2.75) is 30.7 Å². The Morgan fingerprint density at radius 2 is 1.77 bits per heavy atom. The zero-order valence-electron chi connectivity index (χ0n) is 16.8. The van der Waals surface area contributed by atoms with Crippen LogP contribution in [0.3, 0.4) is 0 Å². The van der Waals surface area contributed by atoms with E-state index in [1.54, 1.807) is 12.1 Å². The van der Waals surface area contributed by atoms with Crippen molar-refractivity contribution in [1.29, 1.82) is 0 Å². The lowest BCUT2D eigenvalue weighted by Gasteiger charge is -2.27. The topological polar surface area (TPSA) is 86.8 Å². The van der Waals surface area contributed by atoms with Crippen LogP contribution in [0.4, 0.5) is 10.1 Å². The van der Waals surface area contributed by atoms with Gasteiger partial charge in [-0.3, -0.25) is 9.59 Å². The summed E-state index contributed by atoms with van der Waals surface area (Å²) in [7, 11) is -2.48. The van der Waals surface area contributed by atoms with Crippen LogP contribution in [-0.2, 0) is 19.6 Å². The van der Waals surface area contributed by atoms with Gasteiger partial charge in [-0.05, 0) is 56.2 Å². The molecule has 9 heteroatoms. The van der Waals surface area contributed by atoms with Crippen molar-refractivity contribution in [1.82, 2.24) is 9.21 Å². The number of hydrogen-bond acceptors (Lipinski definition) is 4. The van der Waals surface area contributed by atoms with Gasteiger partial charge in [0.25, 0.3) is 0 Å². The Balaban J connectivity index is 1.67. The van der Waals surface area contributed by atoms with Crippen LogP contribution in [0.2, 0.25) is 0 Å². The average molecular weight is 434 g/mol. The number of nitrogens with zero attached hydrogens (tertiary/aromatic N) is 2. The minimum atomic E-state index is -3.95. The van der Waals surface area contributed by atoms with Gasteiger partial charge >= 0.3 is 0 Å². The average Bonchev–Trinajstić information content (AvgIpc) is 3.20. The first kappa shape index (κ1) is 21.9. The highest BCUT2D eigenvalue weighted by atomic mass is 32.2. The van der Waals surface area contributed by atoms with Crippen LogP contribution in [0, 0.1) is 12.7 Å². The molecule has 2 amide bonds. The number of rotatable bonds is 6. The number of sulfonamides is 1. The van der Waals surface area contributed by atoms with E-state index >= 15 is 0 Å². The minimum absolute atomic E-state index is 0.0663. The zero-order chi connectivity index (χ0) is 21.9. The fourth-order valence-electron chi connectivity index (χ4n) is 3.40. The summed E-state index contributed by atoms with van der Waals surface area (Å²) in [5, 5.41) is 2.72. The van der Waals surface area contributed by atoms with Gasteiger partial charge in [0, 0.05) is 19.3 Å². The summed E-state index contributed by atoms with van der Waals surface area (Å²) in [6.45, 7) is 1.93. The van der Waals surface area contributed by atoms with Crippen molar-refractivity contribution in [2.75, 3.05) is 25.5 Å². The predicted molar refractivity (Wildman–Crippen MR) is 111 cm³/mol. The Morgan fingerprint density at radius 1 is 1.13 bits per heavy atom. The van der Waals surface area contributed by atoms with E-state index in [0.717, 1.165) is 22.0 Å². The zero-order valence-corrected chi connectivity index (χ0v) is 17.7. The second kappa shape index (κ2) is 8.93. The molecule has 1 aliphatic rings. The number of aryl methyl sites for hydroxylation is 1. The van der Waals surface area contributed by atoms with Crippen molar-refractivity contribution in [3.63, 3.8) is 0 Å². The SMILES string of the molecule is Cc1ccc(NC(=O)CN(C)C(=O)[C@H]2CCCN2S(=O)(=O)c2ccc(F)cc2)cc1. The van der Waals surface area contributed by atoms with Crippen LogP contribution in [0.1, 0.15) is 18.4 Å². The second-order valence-electron chi connectivity index (χ2n) is 7.34. The van der Waals surface area contributed by atoms with E-state index in [1.165, 1.54) is 24.1 Å². The van der Waals surface area contributed by atoms with Crippen molar-refractivity contribution >= 4 is 27.5 Å². The molecule has 2 aromatic rings. The predicted octanol–water partition coefficient (Wildman–Crippen LogP) is 2.38. The first-order chi connectivity index (χ1) is 14.2. The Hall–Kier alpha value is -2.78. The summed E-state index contributed by atoms with van der Waals surface area (Å²) >= 11 is 0. The molecule has 1 saturated heterocycles. The van der Waals surface area contributed by atoms with E-state index in [-0.39, 0.29) is 23.9 Å². The molecule has 1 fully saturated rings. The molecule has 1 N–H and O–H groups in total. The van der Waals surface area contributed by atoms with Crippen LogP contribution in [-0.4, -0.2) is 55.6 Å². The van der Waals surface area contributed by atoms with Gasteiger partial charge in [-0.2, -0.15) is 4.31 Å². The summed E-state index contributed by atoms with van der Waals surface area (Å²) in [6.07, 6.45) is 0.892. The number of amides is 2. The number of nitrogens with one attached hydrogen (secondary N) is 1. The molecular formula is C21H24FN3O4S. The Bertz CT molecular complexity index is 1020. The van der Waals surface area contributed by atoms with Gasteiger partial charge in [0.05, 0.1) is 11.4 Å². The van der Waals surface area contributed by atoms with Crippen molar-refractivity contribution in [3.8, 4) is 0 Å². The van der Waals surface area contributed by atoms with Crippen molar-refractivity contribution in [3.05, 3.63) is 59.9 Å². The third-order valence-corrected chi connectivity index (χ3v) is 6.92. The lowest BCUT2D eigenvalue weighted by molar-refractivity contribution is -0.136. The normalized spacial score (nSPS) is 17.0. The van der Waals surface area contributed by atoms with E-state index in [2.05, 4.69) is 5.32 Å². The Morgan fingerprint density at radius 3 is 2.40 bits per heavy atom. The number of hydrogen-bond donors (Lipinski definition) is 1. The third-order valence-electron chi connectivity index (χ3n) is 5.00. The molecule has 0 radical (unpaired) electrons. The lowest BCUT2D eigenvalue weighted by Crippen LogP contribution is -2.48. The molecule has 0 aliphatic carbocycles. The van der Waals surface area contributed by atoms with Gasteiger partial charge in [0.2, 0.25) is 21.8 Å². The smallest absolute Gasteiger partial charge is 0.243 e. The highest BCUT2D eigenvalue weighted by Gasteiger charge is 2.40. The molecule has 3 rings (SSSR count). The fourth-order valence-corrected chi connectivity index (χ4v) is 5.05. The number of likely N-dealkylation sites (N-methyl/N-ethyl adjacent to an activating group) is 1. The molecule has 1 heterocycles. The van der Waals surface area contributed by atoms with Crippen LogP contribution in [0.5, 0.6) is 0 Å². The van der Waals surface area contributed by atoms with Crippen LogP contribution in [0.25, 0.3) is 0 Å². The molecule has 30 heavy (non-hydrogen) atoms. The van der Waals surface area contributed by atoms with Gasteiger partial charge in [-0.1, -0.05) is 17.7 Å². The van der Waals surface area contributed by atoms with E-state index in [9.17, 15) is 22.4 Å². The maximum atomic E-state index is 13.2. The van der Waals surface area contributed by atoms with Gasteiger partial charge in [0.15, 0.2) is 0 Å². The number of halogens is 1. The maximum Gasteiger partial charge on any atom is 0.243 e. The van der Waals surface area contributed by atoms with Gasteiger partial charge < -0.3 is 10.2 Å². The maximum absolute atomic E-state index is 13.2. The number of anilines is 1. The summed E-state index contributed by atoms with van der Waals surface area (Å²) in [4.78, 5) is 26.3. The van der Waals surface area contributed by atoms with E-state index < -0.39 is 27.8 Å². The summed E-state index contributed by atoms with van der Waals surface area (Å²) in [5.74, 6) is -1.36. The lowest BCUT2D eigenvalue weighted by atomic mass is 10.2. The molecule has 1 atom stereocenters. The molecule has 7 nitrogen and oxygen atoms in total. The van der Waals surface area contributed by atoms with E-state index in [0.29, 0.717) is 18.5 Å². The van der Waals surface area contributed by atoms with Crippen LogP contribution in [0.15, 0.2) is 53.4 Å². The number of carbonyl (C=O) groups excluding carboxylic acids is 2. The molecule has 160 valence electrons. The monoisotopic (exact) mass is 433 g/mol. The third kappa shape index (κ3) is 4.85. The van der Waals surface area contributed by atoms with E-state index in [4.69, 9.17) is 0 Å². The molecule has 0 saturated carbocycles.